The molecule has 1 saturated carbocycles. The van der Waals surface area contributed by atoms with Crippen molar-refractivity contribution in [2.45, 2.75) is 146 Å². The van der Waals surface area contributed by atoms with Gasteiger partial charge < -0.3 is 39.9 Å². The van der Waals surface area contributed by atoms with Crippen LogP contribution in [-0.4, -0.2) is 98.9 Å². The number of aliphatic hydroxyl groups excluding tert-OH is 5. The summed E-state index contributed by atoms with van der Waals surface area (Å²) in [6, 6.07) is 0. The van der Waals surface area contributed by atoms with E-state index in [1.165, 1.54) is 0 Å². The average Bonchev–Trinajstić information content (AvgIpc) is 3.23. The SMILES string of the molecule is CC/C=C\C/C=C\C/C=C\C/C=C\C/C=C\CCCCOCC(COP(=O)(O)OC1C(O)C(O)C(O)C(O)C1O)OC(=O)C/C=C\C/C=C\C/C=C\C/C=C\C/C=C\CC. The van der Waals surface area contributed by atoms with Crippen molar-refractivity contribution in [3.8, 4) is 0 Å². The van der Waals surface area contributed by atoms with Crippen molar-refractivity contribution in [1.29, 1.82) is 0 Å². The molecule has 0 amide bonds. The van der Waals surface area contributed by atoms with Crippen LogP contribution in [-0.2, 0) is 27.9 Å². The summed E-state index contributed by atoms with van der Waals surface area (Å²) in [6.45, 7) is 3.77. The normalized spacial score (nSPS) is 23.5. The number of hydrogen-bond acceptors (Lipinski definition) is 11. The number of aliphatic hydroxyl groups is 5. The highest BCUT2D eigenvalue weighted by atomic mass is 31.2. The van der Waals surface area contributed by atoms with Crippen LogP contribution in [0.25, 0.3) is 0 Å². The molecule has 1 aliphatic carbocycles. The summed E-state index contributed by atoms with van der Waals surface area (Å²) in [7, 11) is -5.06. The molecule has 0 aromatic heterocycles. The molecule has 0 aromatic rings. The summed E-state index contributed by atoms with van der Waals surface area (Å²) in [5.74, 6) is -0.626. The summed E-state index contributed by atoms with van der Waals surface area (Å²) in [5.41, 5.74) is 0. The van der Waals surface area contributed by atoms with E-state index >= 15 is 0 Å². The van der Waals surface area contributed by atoms with Crippen molar-refractivity contribution in [2.24, 2.45) is 0 Å². The molecule has 60 heavy (non-hydrogen) atoms. The van der Waals surface area contributed by atoms with E-state index in [2.05, 4.69) is 111 Å². The number of ether oxygens (including phenoxy) is 2. The number of phosphoric acid groups is 1. The minimum Gasteiger partial charge on any atom is -0.457 e. The largest absolute Gasteiger partial charge is 0.472 e. The second-order valence-corrected chi connectivity index (χ2v) is 15.5. The molecule has 0 heterocycles. The molecule has 0 bridgehead atoms. The van der Waals surface area contributed by atoms with E-state index < -0.39 is 63.1 Å². The fourth-order valence-electron chi connectivity index (χ4n) is 5.51. The molecule has 0 aliphatic heterocycles. The van der Waals surface area contributed by atoms with E-state index in [0.717, 1.165) is 70.6 Å². The standard InChI is InChI=1S/C47H73O12P/c1-3-5-7-9-11-13-15-17-19-20-21-23-25-27-29-31-33-35-37-56-38-40(39-57-60(54,55)59-47-45(52)43(50)42(49)44(51)46(47)53)58-41(48)36-34-32-30-28-26-24-22-18-16-14-12-10-8-6-4-2/h5-8,11-14,17-19,21-23,26-29,32,34,40,42-47,49-53H,3-4,9-10,15-16,20,24-25,30-31,33,35-39H2,1-2H3,(H,54,55)/b7-5-,8-6-,13-11-,14-12-,19-17-,22-18-,23-21-,28-26-,29-27-,34-32-. The first kappa shape index (κ1) is 54.8. The van der Waals surface area contributed by atoms with Crippen LogP contribution in [0.3, 0.4) is 0 Å². The minimum absolute atomic E-state index is 0.0664. The number of hydrogen-bond donors (Lipinski definition) is 6. The van der Waals surface area contributed by atoms with E-state index in [1.54, 1.807) is 6.08 Å². The maximum Gasteiger partial charge on any atom is 0.472 e. The van der Waals surface area contributed by atoms with Crippen molar-refractivity contribution in [2.75, 3.05) is 19.8 Å². The Morgan fingerprint density at radius 2 is 0.917 bits per heavy atom. The number of esters is 1. The third kappa shape index (κ3) is 28.3. The van der Waals surface area contributed by atoms with Crippen molar-refractivity contribution in [3.63, 3.8) is 0 Å². The quantitative estimate of drug-likeness (QED) is 0.0160. The van der Waals surface area contributed by atoms with Crippen molar-refractivity contribution < 1.29 is 58.3 Å². The maximum absolute atomic E-state index is 12.8. The number of carbonyl (C=O) groups is 1. The highest BCUT2D eigenvalue weighted by molar-refractivity contribution is 7.47. The van der Waals surface area contributed by atoms with Gasteiger partial charge in [0.05, 0.1) is 19.6 Å². The number of phosphoric ester groups is 1. The van der Waals surface area contributed by atoms with Gasteiger partial charge in [-0.05, 0) is 83.5 Å². The predicted molar refractivity (Wildman–Crippen MR) is 239 cm³/mol. The number of unbranched alkanes of at least 4 members (excludes halogenated alkanes) is 2. The summed E-state index contributed by atoms with van der Waals surface area (Å²) in [5, 5.41) is 50.1. The van der Waals surface area contributed by atoms with E-state index in [-0.39, 0.29) is 13.0 Å². The van der Waals surface area contributed by atoms with Crippen molar-refractivity contribution >= 4 is 13.8 Å². The summed E-state index contributed by atoms with van der Waals surface area (Å²) >= 11 is 0. The molecule has 338 valence electrons. The fourth-order valence-corrected chi connectivity index (χ4v) is 6.49. The van der Waals surface area contributed by atoms with Crippen molar-refractivity contribution in [3.05, 3.63) is 122 Å². The van der Waals surface area contributed by atoms with Crippen LogP contribution in [0.1, 0.15) is 104 Å². The van der Waals surface area contributed by atoms with Crippen LogP contribution < -0.4 is 0 Å². The molecular weight excluding hydrogens is 787 g/mol. The van der Waals surface area contributed by atoms with Gasteiger partial charge >= 0.3 is 13.8 Å². The zero-order chi connectivity index (χ0) is 44.1. The third-order valence-electron chi connectivity index (χ3n) is 8.86. The Kier molecular flexibility index (Phi) is 33.2. The zero-order valence-corrected chi connectivity index (χ0v) is 36.6. The lowest BCUT2D eigenvalue weighted by Crippen LogP contribution is -2.64. The zero-order valence-electron chi connectivity index (χ0n) is 35.7. The molecule has 6 unspecified atom stereocenters. The van der Waals surface area contributed by atoms with Crippen LogP contribution >= 0.6 is 7.82 Å². The molecule has 1 fully saturated rings. The van der Waals surface area contributed by atoms with Crippen LogP contribution in [0.4, 0.5) is 0 Å². The molecular formula is C47H73O12P. The van der Waals surface area contributed by atoms with E-state index in [1.807, 2.05) is 18.2 Å². The first-order valence-electron chi connectivity index (χ1n) is 21.4. The Morgan fingerprint density at radius 3 is 1.35 bits per heavy atom. The molecule has 12 nitrogen and oxygen atoms in total. The lowest BCUT2D eigenvalue weighted by molar-refractivity contribution is -0.220. The van der Waals surface area contributed by atoms with Gasteiger partial charge in [-0.3, -0.25) is 13.8 Å². The van der Waals surface area contributed by atoms with Crippen LogP contribution in [0.5, 0.6) is 0 Å². The van der Waals surface area contributed by atoms with Gasteiger partial charge in [-0.1, -0.05) is 135 Å². The van der Waals surface area contributed by atoms with Gasteiger partial charge in [0, 0.05) is 6.61 Å². The molecule has 1 rings (SSSR count). The predicted octanol–water partition coefficient (Wildman–Crippen LogP) is 8.30. The van der Waals surface area contributed by atoms with Crippen LogP contribution in [0.15, 0.2) is 122 Å². The Morgan fingerprint density at radius 1 is 0.533 bits per heavy atom. The van der Waals surface area contributed by atoms with Gasteiger partial charge in [0.25, 0.3) is 0 Å². The highest BCUT2D eigenvalue weighted by Crippen LogP contribution is 2.47. The maximum atomic E-state index is 12.8. The molecule has 13 heteroatoms. The molecule has 0 radical (unpaired) electrons. The van der Waals surface area contributed by atoms with E-state index in [0.29, 0.717) is 19.4 Å². The summed E-state index contributed by atoms with van der Waals surface area (Å²) in [6.07, 6.45) is 40.2. The van der Waals surface area contributed by atoms with Crippen molar-refractivity contribution in [1.82, 2.24) is 0 Å². The van der Waals surface area contributed by atoms with Gasteiger partial charge in [0.1, 0.15) is 42.7 Å². The molecule has 0 spiro atoms. The smallest absolute Gasteiger partial charge is 0.457 e. The Hall–Kier alpha value is -3.26. The number of carbonyl (C=O) groups excluding carboxylic acids is 1. The Bertz CT molecular complexity index is 1440. The second kappa shape index (κ2) is 36.4. The van der Waals surface area contributed by atoms with Gasteiger partial charge in [-0.2, -0.15) is 0 Å². The lowest BCUT2D eigenvalue weighted by atomic mass is 9.85. The number of allylic oxidation sites excluding steroid dienone is 19. The molecule has 1 aliphatic rings. The van der Waals surface area contributed by atoms with Gasteiger partial charge in [0.2, 0.25) is 0 Å². The van der Waals surface area contributed by atoms with E-state index in [4.69, 9.17) is 18.5 Å². The Balaban J connectivity index is 2.55. The monoisotopic (exact) mass is 860 g/mol. The summed E-state index contributed by atoms with van der Waals surface area (Å²) in [4.78, 5) is 23.0. The molecule has 0 aromatic carbocycles. The lowest BCUT2D eigenvalue weighted by Gasteiger charge is -2.41. The van der Waals surface area contributed by atoms with Crippen LogP contribution in [0, 0.1) is 0 Å². The first-order valence-corrected chi connectivity index (χ1v) is 22.9. The van der Waals surface area contributed by atoms with Gasteiger partial charge in [-0.25, -0.2) is 4.57 Å². The molecule has 6 N–H and O–H groups in total. The topological polar surface area (TPSA) is 192 Å². The average molecular weight is 861 g/mol. The third-order valence-corrected chi connectivity index (χ3v) is 9.85. The first-order chi connectivity index (χ1) is 29.0. The van der Waals surface area contributed by atoms with E-state index in [9.17, 15) is 39.8 Å². The van der Waals surface area contributed by atoms with Gasteiger partial charge in [-0.15, -0.1) is 0 Å². The molecule has 6 atom stereocenters. The Labute approximate surface area is 359 Å². The summed E-state index contributed by atoms with van der Waals surface area (Å²) < 4.78 is 33.9. The van der Waals surface area contributed by atoms with Crippen LogP contribution in [0.2, 0.25) is 0 Å². The fraction of sp³-hybridized carbons (Fsp3) is 0.553. The minimum atomic E-state index is -5.06. The number of rotatable bonds is 33. The highest BCUT2D eigenvalue weighted by Gasteiger charge is 2.51. The molecule has 0 saturated heterocycles. The second-order valence-electron chi connectivity index (χ2n) is 14.1. The van der Waals surface area contributed by atoms with Gasteiger partial charge in [0.15, 0.2) is 0 Å².